The molecule has 0 atom stereocenters. The largest absolute Gasteiger partial charge is 0.491 e. The fourth-order valence-corrected chi connectivity index (χ4v) is 3.69. The van der Waals surface area contributed by atoms with Gasteiger partial charge in [0.15, 0.2) is 0 Å². The average molecular weight is 385 g/mol. The SMILES string of the molecule is Cc1ccc(C(C)C)c(OCCN2C(=O)S/C(=C\c3ccc(C)o3)C2=O)c1. The molecule has 0 bridgehead atoms. The van der Waals surface area contributed by atoms with Crippen LogP contribution in [0.4, 0.5) is 4.79 Å². The van der Waals surface area contributed by atoms with Crippen molar-refractivity contribution in [1.29, 1.82) is 0 Å². The van der Waals surface area contributed by atoms with Crippen LogP contribution in [0.1, 0.15) is 42.4 Å². The van der Waals surface area contributed by atoms with Crippen LogP contribution in [-0.2, 0) is 4.79 Å². The van der Waals surface area contributed by atoms with Gasteiger partial charge in [0.1, 0.15) is 23.9 Å². The smallest absolute Gasteiger partial charge is 0.293 e. The highest BCUT2D eigenvalue weighted by molar-refractivity contribution is 8.18. The molecule has 2 amide bonds. The van der Waals surface area contributed by atoms with Gasteiger partial charge in [0.25, 0.3) is 11.1 Å². The van der Waals surface area contributed by atoms with Gasteiger partial charge in [0.05, 0.1) is 11.4 Å². The Bertz CT molecular complexity index is 897. The number of hydrogen-bond donors (Lipinski definition) is 0. The normalized spacial score (nSPS) is 16.0. The fourth-order valence-electron chi connectivity index (χ4n) is 2.84. The molecular weight excluding hydrogens is 362 g/mol. The van der Waals surface area contributed by atoms with Crippen molar-refractivity contribution in [2.75, 3.05) is 13.2 Å². The Morgan fingerprint density at radius 1 is 1.19 bits per heavy atom. The third kappa shape index (κ3) is 4.45. The Kier molecular flexibility index (Phi) is 5.75. The maximum Gasteiger partial charge on any atom is 0.293 e. The van der Waals surface area contributed by atoms with Gasteiger partial charge in [-0.25, -0.2) is 0 Å². The summed E-state index contributed by atoms with van der Waals surface area (Å²) in [7, 11) is 0. The minimum absolute atomic E-state index is 0.213. The van der Waals surface area contributed by atoms with Crippen LogP contribution < -0.4 is 4.74 Å². The molecule has 2 heterocycles. The minimum Gasteiger partial charge on any atom is -0.491 e. The van der Waals surface area contributed by atoms with E-state index in [1.165, 1.54) is 4.90 Å². The molecule has 1 saturated heterocycles. The highest BCUT2D eigenvalue weighted by Crippen LogP contribution is 2.32. The van der Waals surface area contributed by atoms with E-state index in [1.807, 2.05) is 26.0 Å². The summed E-state index contributed by atoms with van der Waals surface area (Å²) in [5.41, 5.74) is 2.22. The van der Waals surface area contributed by atoms with Crippen LogP contribution in [0, 0.1) is 13.8 Å². The molecule has 0 aliphatic carbocycles. The van der Waals surface area contributed by atoms with E-state index >= 15 is 0 Å². The molecule has 2 aromatic rings. The number of ether oxygens (including phenoxy) is 1. The summed E-state index contributed by atoms with van der Waals surface area (Å²) in [5, 5.41) is -0.286. The highest BCUT2D eigenvalue weighted by atomic mass is 32.2. The first-order valence-electron chi connectivity index (χ1n) is 8.90. The summed E-state index contributed by atoms with van der Waals surface area (Å²) in [4.78, 5) is 26.3. The molecule has 1 aromatic heterocycles. The lowest BCUT2D eigenvalue weighted by molar-refractivity contribution is -0.123. The molecule has 0 unspecified atom stereocenters. The van der Waals surface area contributed by atoms with Gasteiger partial charge in [-0.2, -0.15) is 0 Å². The lowest BCUT2D eigenvalue weighted by Crippen LogP contribution is -2.32. The molecule has 0 N–H and O–H groups in total. The van der Waals surface area contributed by atoms with Crippen molar-refractivity contribution in [3.63, 3.8) is 0 Å². The van der Waals surface area contributed by atoms with Gasteiger partial charge in [0, 0.05) is 6.08 Å². The Morgan fingerprint density at radius 3 is 2.63 bits per heavy atom. The first-order valence-corrected chi connectivity index (χ1v) is 9.72. The van der Waals surface area contributed by atoms with Crippen LogP contribution in [-0.4, -0.2) is 29.2 Å². The number of carbonyl (C=O) groups is 2. The van der Waals surface area contributed by atoms with Gasteiger partial charge in [-0.1, -0.05) is 26.0 Å². The Balaban J connectivity index is 1.65. The van der Waals surface area contributed by atoms with Crippen molar-refractivity contribution in [3.8, 4) is 5.75 Å². The van der Waals surface area contributed by atoms with Gasteiger partial charge >= 0.3 is 0 Å². The van der Waals surface area contributed by atoms with Crippen LogP contribution in [0.5, 0.6) is 5.75 Å². The van der Waals surface area contributed by atoms with Crippen molar-refractivity contribution in [2.24, 2.45) is 0 Å². The second-order valence-corrected chi connectivity index (χ2v) is 7.82. The Hall–Kier alpha value is -2.47. The first-order chi connectivity index (χ1) is 12.8. The first kappa shape index (κ1) is 19.3. The number of furan rings is 1. The summed E-state index contributed by atoms with van der Waals surface area (Å²) in [6.45, 7) is 8.52. The zero-order valence-corrected chi connectivity index (χ0v) is 16.8. The molecule has 1 fully saturated rings. The van der Waals surface area contributed by atoms with E-state index in [0.717, 1.165) is 34.4 Å². The van der Waals surface area contributed by atoms with Crippen molar-refractivity contribution in [3.05, 3.63) is 57.9 Å². The fraction of sp³-hybridized carbons (Fsp3) is 0.333. The van der Waals surface area contributed by atoms with Crippen LogP contribution in [0.2, 0.25) is 0 Å². The molecule has 1 aliphatic rings. The number of carbonyl (C=O) groups excluding carboxylic acids is 2. The summed E-state index contributed by atoms with van der Waals surface area (Å²) in [6, 6.07) is 9.70. The van der Waals surface area contributed by atoms with Gasteiger partial charge in [-0.15, -0.1) is 0 Å². The molecule has 5 nitrogen and oxygen atoms in total. The number of amides is 2. The van der Waals surface area contributed by atoms with Crippen molar-refractivity contribution in [2.45, 2.75) is 33.6 Å². The summed E-state index contributed by atoms with van der Waals surface area (Å²) < 4.78 is 11.4. The third-order valence-electron chi connectivity index (χ3n) is 4.27. The highest BCUT2D eigenvalue weighted by Gasteiger charge is 2.35. The lowest BCUT2D eigenvalue weighted by atomic mass is 10.0. The van der Waals surface area contributed by atoms with Gasteiger partial charge in [-0.05, 0) is 60.9 Å². The van der Waals surface area contributed by atoms with Gasteiger partial charge < -0.3 is 9.15 Å². The van der Waals surface area contributed by atoms with Crippen molar-refractivity contribution in [1.82, 2.24) is 4.90 Å². The summed E-state index contributed by atoms with van der Waals surface area (Å²) >= 11 is 0.926. The lowest BCUT2D eigenvalue weighted by Gasteiger charge is -2.17. The van der Waals surface area contributed by atoms with Crippen LogP contribution in [0.3, 0.4) is 0 Å². The van der Waals surface area contributed by atoms with Crippen LogP contribution >= 0.6 is 11.8 Å². The van der Waals surface area contributed by atoms with E-state index in [9.17, 15) is 9.59 Å². The molecule has 3 rings (SSSR count). The van der Waals surface area contributed by atoms with E-state index < -0.39 is 0 Å². The molecule has 27 heavy (non-hydrogen) atoms. The second kappa shape index (κ2) is 8.05. The van der Waals surface area contributed by atoms with Gasteiger partial charge in [0.2, 0.25) is 0 Å². The number of nitrogens with zero attached hydrogens (tertiary/aromatic N) is 1. The number of benzene rings is 1. The number of aryl methyl sites for hydroxylation is 2. The van der Waals surface area contributed by atoms with E-state index in [2.05, 4.69) is 26.0 Å². The monoisotopic (exact) mass is 385 g/mol. The van der Waals surface area contributed by atoms with Crippen molar-refractivity contribution >= 4 is 29.0 Å². The molecular formula is C21H23NO4S. The van der Waals surface area contributed by atoms with E-state index in [0.29, 0.717) is 16.6 Å². The average Bonchev–Trinajstić information content (AvgIpc) is 3.12. The zero-order valence-electron chi connectivity index (χ0n) is 15.9. The standard InChI is InChI=1S/C21H23NO4S/c1-13(2)17-8-5-14(3)11-18(17)25-10-9-22-20(23)19(27-21(22)24)12-16-7-6-15(4)26-16/h5-8,11-13H,9-10H2,1-4H3/b19-12-. The molecule has 142 valence electrons. The third-order valence-corrected chi connectivity index (χ3v) is 5.18. The van der Waals surface area contributed by atoms with E-state index in [1.54, 1.807) is 12.1 Å². The van der Waals surface area contributed by atoms with E-state index in [-0.39, 0.29) is 24.3 Å². The minimum atomic E-state index is -0.309. The Morgan fingerprint density at radius 2 is 1.96 bits per heavy atom. The molecule has 6 heteroatoms. The molecule has 0 spiro atoms. The topological polar surface area (TPSA) is 59.8 Å². The number of hydrogen-bond acceptors (Lipinski definition) is 5. The second-order valence-electron chi connectivity index (χ2n) is 6.83. The number of thioether (sulfide) groups is 1. The zero-order chi connectivity index (χ0) is 19.6. The molecule has 1 aromatic carbocycles. The van der Waals surface area contributed by atoms with Crippen LogP contribution in [0.15, 0.2) is 39.7 Å². The quantitative estimate of drug-likeness (QED) is 0.645. The maximum absolute atomic E-state index is 12.5. The molecule has 1 aliphatic heterocycles. The summed E-state index contributed by atoms with van der Waals surface area (Å²) in [6.07, 6.45) is 1.61. The predicted molar refractivity (Wildman–Crippen MR) is 107 cm³/mol. The molecule has 0 radical (unpaired) electrons. The maximum atomic E-state index is 12.5. The summed E-state index contributed by atoms with van der Waals surface area (Å²) in [5.74, 6) is 2.15. The predicted octanol–water partition coefficient (Wildman–Crippen LogP) is 5.14. The van der Waals surface area contributed by atoms with Gasteiger partial charge in [-0.3, -0.25) is 14.5 Å². The molecule has 0 saturated carbocycles. The van der Waals surface area contributed by atoms with Crippen molar-refractivity contribution < 1.29 is 18.7 Å². The number of rotatable bonds is 6. The Labute approximate surface area is 163 Å². The van der Waals surface area contributed by atoms with Crippen LogP contribution in [0.25, 0.3) is 6.08 Å². The van der Waals surface area contributed by atoms with E-state index in [4.69, 9.17) is 9.15 Å². The number of imide groups is 1.